The lowest BCUT2D eigenvalue weighted by molar-refractivity contribution is 0.102. The lowest BCUT2D eigenvalue weighted by Gasteiger charge is -2.05. The van der Waals surface area contributed by atoms with Gasteiger partial charge in [0.1, 0.15) is 5.82 Å². The molecule has 6 heteroatoms. The summed E-state index contributed by atoms with van der Waals surface area (Å²) in [6.45, 7) is 0. The molecule has 18 heavy (non-hydrogen) atoms. The Bertz CT molecular complexity index is 604. The van der Waals surface area contributed by atoms with Gasteiger partial charge in [-0.25, -0.2) is 4.39 Å². The van der Waals surface area contributed by atoms with E-state index in [9.17, 15) is 9.18 Å². The van der Waals surface area contributed by atoms with Crippen LogP contribution >= 0.6 is 23.2 Å². The summed E-state index contributed by atoms with van der Waals surface area (Å²) in [6, 6.07) is 5.65. The van der Waals surface area contributed by atoms with E-state index in [0.29, 0.717) is 10.6 Å². The minimum Gasteiger partial charge on any atom is -0.320 e. The van der Waals surface area contributed by atoms with Crippen LogP contribution in [-0.2, 0) is 0 Å². The third-order valence-corrected chi connectivity index (χ3v) is 2.88. The summed E-state index contributed by atoms with van der Waals surface area (Å²) < 4.78 is 12.9. The first kappa shape index (κ1) is 12.8. The molecule has 1 heterocycles. The van der Waals surface area contributed by atoms with Crippen LogP contribution in [0.5, 0.6) is 0 Å². The van der Waals surface area contributed by atoms with Gasteiger partial charge in [0.15, 0.2) is 0 Å². The van der Waals surface area contributed by atoms with E-state index >= 15 is 0 Å². The standard InChI is InChI=1S/C12H7Cl2FN2O/c13-10-2-1-7(3-11(10)14)12(18)17-9-4-8(15)5-16-6-9/h1-6H,(H,17,18). The Balaban J connectivity index is 2.19. The minimum atomic E-state index is -0.526. The second-order valence-electron chi connectivity index (χ2n) is 3.47. The molecule has 1 N–H and O–H groups in total. The Morgan fingerprint density at radius 1 is 1.17 bits per heavy atom. The number of carbonyl (C=O) groups excluding carboxylic acids is 1. The highest BCUT2D eigenvalue weighted by Gasteiger charge is 2.08. The molecule has 0 unspecified atom stereocenters. The molecule has 0 aliphatic rings. The number of hydrogen-bond acceptors (Lipinski definition) is 2. The second-order valence-corrected chi connectivity index (χ2v) is 4.29. The molecule has 0 bridgehead atoms. The number of anilines is 1. The molecule has 0 saturated heterocycles. The van der Waals surface area contributed by atoms with Gasteiger partial charge in [-0.2, -0.15) is 0 Å². The predicted molar refractivity (Wildman–Crippen MR) is 68.6 cm³/mol. The molecule has 0 fully saturated rings. The van der Waals surface area contributed by atoms with E-state index < -0.39 is 11.7 Å². The van der Waals surface area contributed by atoms with Gasteiger partial charge in [0, 0.05) is 11.6 Å². The molecule has 0 aliphatic carbocycles. The molecular weight excluding hydrogens is 278 g/mol. The molecular formula is C12H7Cl2FN2O. The maximum atomic E-state index is 12.9. The van der Waals surface area contributed by atoms with Gasteiger partial charge in [-0.3, -0.25) is 9.78 Å². The SMILES string of the molecule is O=C(Nc1cncc(F)c1)c1ccc(Cl)c(Cl)c1. The Labute approximate surface area is 113 Å². The highest BCUT2D eigenvalue weighted by atomic mass is 35.5. The summed E-state index contributed by atoms with van der Waals surface area (Å²) in [5.41, 5.74) is 0.597. The van der Waals surface area contributed by atoms with E-state index in [4.69, 9.17) is 23.2 Å². The molecule has 3 nitrogen and oxygen atoms in total. The van der Waals surface area contributed by atoms with Crippen LogP contribution in [0.3, 0.4) is 0 Å². The summed E-state index contributed by atoms with van der Waals surface area (Å²) in [5, 5.41) is 3.14. The number of aromatic nitrogens is 1. The van der Waals surface area contributed by atoms with Crippen LogP contribution in [0.2, 0.25) is 10.0 Å². The number of halogens is 3. The zero-order valence-electron chi connectivity index (χ0n) is 8.95. The molecule has 0 spiro atoms. The fraction of sp³-hybridized carbons (Fsp3) is 0. The van der Waals surface area contributed by atoms with Crippen molar-refractivity contribution in [3.63, 3.8) is 0 Å². The van der Waals surface area contributed by atoms with Crippen LogP contribution in [0.25, 0.3) is 0 Å². The fourth-order valence-electron chi connectivity index (χ4n) is 1.32. The van der Waals surface area contributed by atoms with E-state index in [2.05, 4.69) is 10.3 Å². The van der Waals surface area contributed by atoms with E-state index in [1.807, 2.05) is 0 Å². The summed E-state index contributed by atoms with van der Waals surface area (Å²) in [4.78, 5) is 15.5. The molecule has 2 rings (SSSR count). The van der Waals surface area contributed by atoms with E-state index in [0.717, 1.165) is 6.20 Å². The average molecular weight is 285 g/mol. The fourth-order valence-corrected chi connectivity index (χ4v) is 1.62. The molecule has 0 saturated carbocycles. The molecule has 0 aliphatic heterocycles. The van der Waals surface area contributed by atoms with Gasteiger partial charge in [-0.05, 0) is 18.2 Å². The van der Waals surface area contributed by atoms with Crippen LogP contribution in [0, 0.1) is 5.82 Å². The number of benzene rings is 1. The number of rotatable bonds is 2. The highest BCUT2D eigenvalue weighted by molar-refractivity contribution is 6.42. The highest BCUT2D eigenvalue weighted by Crippen LogP contribution is 2.23. The first-order chi connectivity index (χ1) is 8.56. The third kappa shape index (κ3) is 2.97. The number of amides is 1. The maximum absolute atomic E-state index is 12.9. The quantitative estimate of drug-likeness (QED) is 0.912. The van der Waals surface area contributed by atoms with Crippen LogP contribution in [0.15, 0.2) is 36.7 Å². The molecule has 1 aromatic heterocycles. The number of nitrogens with zero attached hydrogens (tertiary/aromatic N) is 1. The van der Waals surface area contributed by atoms with Crippen molar-refractivity contribution in [2.75, 3.05) is 5.32 Å². The molecule has 1 amide bonds. The molecule has 92 valence electrons. The zero-order valence-corrected chi connectivity index (χ0v) is 10.5. The lowest BCUT2D eigenvalue weighted by Crippen LogP contribution is -2.12. The van der Waals surface area contributed by atoms with Crippen LogP contribution in [0.1, 0.15) is 10.4 Å². The molecule has 2 aromatic rings. The minimum absolute atomic E-state index is 0.270. The van der Waals surface area contributed by atoms with Crippen molar-refractivity contribution >= 4 is 34.8 Å². The predicted octanol–water partition coefficient (Wildman–Crippen LogP) is 3.78. The number of hydrogen-bond donors (Lipinski definition) is 1. The zero-order chi connectivity index (χ0) is 13.1. The normalized spacial score (nSPS) is 10.2. The first-order valence-electron chi connectivity index (χ1n) is 4.93. The number of pyridine rings is 1. The van der Waals surface area contributed by atoms with Crippen LogP contribution < -0.4 is 5.32 Å². The van der Waals surface area contributed by atoms with E-state index in [1.54, 1.807) is 0 Å². The number of carbonyl (C=O) groups is 1. The van der Waals surface area contributed by atoms with E-state index in [-0.39, 0.29) is 10.7 Å². The van der Waals surface area contributed by atoms with Gasteiger partial charge in [0.2, 0.25) is 0 Å². The van der Waals surface area contributed by atoms with Gasteiger partial charge in [-0.15, -0.1) is 0 Å². The van der Waals surface area contributed by atoms with Gasteiger partial charge in [-0.1, -0.05) is 23.2 Å². The van der Waals surface area contributed by atoms with Crippen molar-refractivity contribution in [1.82, 2.24) is 4.98 Å². The lowest BCUT2D eigenvalue weighted by atomic mass is 10.2. The van der Waals surface area contributed by atoms with Crippen molar-refractivity contribution in [1.29, 1.82) is 0 Å². The molecule has 1 aromatic carbocycles. The second kappa shape index (κ2) is 5.33. The summed E-state index contributed by atoms with van der Waals surface area (Å²) in [5.74, 6) is -0.942. The first-order valence-corrected chi connectivity index (χ1v) is 5.69. The number of nitrogens with one attached hydrogen (secondary N) is 1. The molecule has 0 atom stereocenters. The topological polar surface area (TPSA) is 42.0 Å². The van der Waals surface area contributed by atoms with Crippen molar-refractivity contribution in [2.45, 2.75) is 0 Å². The van der Waals surface area contributed by atoms with Gasteiger partial charge in [0.05, 0.1) is 28.1 Å². The van der Waals surface area contributed by atoms with Gasteiger partial charge < -0.3 is 5.32 Å². The Kier molecular flexibility index (Phi) is 3.79. The summed E-state index contributed by atoms with van der Waals surface area (Å²) in [7, 11) is 0. The van der Waals surface area contributed by atoms with Crippen molar-refractivity contribution in [3.05, 3.63) is 58.1 Å². The van der Waals surface area contributed by atoms with Crippen LogP contribution in [-0.4, -0.2) is 10.9 Å². The Morgan fingerprint density at radius 3 is 2.61 bits per heavy atom. The Hall–Kier alpha value is -1.65. The Morgan fingerprint density at radius 2 is 1.94 bits per heavy atom. The van der Waals surface area contributed by atoms with Crippen LogP contribution in [0.4, 0.5) is 10.1 Å². The summed E-state index contributed by atoms with van der Waals surface area (Å²) >= 11 is 11.5. The summed E-state index contributed by atoms with van der Waals surface area (Å²) in [6.07, 6.45) is 2.40. The smallest absolute Gasteiger partial charge is 0.255 e. The van der Waals surface area contributed by atoms with Crippen molar-refractivity contribution in [2.24, 2.45) is 0 Å². The largest absolute Gasteiger partial charge is 0.320 e. The van der Waals surface area contributed by atoms with Crippen molar-refractivity contribution < 1.29 is 9.18 Å². The van der Waals surface area contributed by atoms with Gasteiger partial charge >= 0.3 is 0 Å². The van der Waals surface area contributed by atoms with E-state index in [1.165, 1.54) is 30.5 Å². The maximum Gasteiger partial charge on any atom is 0.255 e. The van der Waals surface area contributed by atoms with Gasteiger partial charge in [0.25, 0.3) is 5.91 Å². The van der Waals surface area contributed by atoms with Crippen molar-refractivity contribution in [3.8, 4) is 0 Å². The monoisotopic (exact) mass is 284 g/mol. The third-order valence-electron chi connectivity index (χ3n) is 2.14. The average Bonchev–Trinajstić information content (AvgIpc) is 2.32. The molecule has 0 radical (unpaired) electrons.